The SMILES string of the molecule is CC1=C(C2=c3ccccc3=C(C3=CC=C(C4=CC=CC5C=CC=CC45)CC3)CC2C)C2C=CC=CC2C(C2=CC=C(C3=CC=CC4C=CC=CC34)CC2)=C1. The molecule has 7 atom stereocenters. The van der Waals surface area contributed by atoms with Crippen molar-refractivity contribution in [2.75, 3.05) is 0 Å². The minimum Gasteiger partial charge on any atom is -0.0767 e. The zero-order chi connectivity index (χ0) is 36.2. The molecule has 0 aromatic heterocycles. The molecule has 9 aliphatic rings. The summed E-state index contributed by atoms with van der Waals surface area (Å²) in [6, 6.07) is 9.33. The molecule has 0 amide bonds. The van der Waals surface area contributed by atoms with Crippen molar-refractivity contribution in [2.45, 2.75) is 46.0 Å². The highest BCUT2D eigenvalue weighted by atomic mass is 14.4. The molecule has 0 heteroatoms. The summed E-state index contributed by atoms with van der Waals surface area (Å²) >= 11 is 0. The normalized spacial score (nSPS) is 31.7. The molecule has 0 saturated heterocycles. The maximum Gasteiger partial charge on any atom is 0.0130 e. The Morgan fingerprint density at radius 3 is 1.52 bits per heavy atom. The van der Waals surface area contributed by atoms with E-state index in [-0.39, 0.29) is 0 Å². The largest absolute Gasteiger partial charge is 0.0767 e. The van der Waals surface area contributed by atoms with Crippen molar-refractivity contribution in [1.82, 2.24) is 0 Å². The van der Waals surface area contributed by atoms with Crippen LogP contribution in [0.5, 0.6) is 0 Å². The Labute approximate surface area is 321 Å². The third kappa shape index (κ3) is 5.74. The Kier molecular flexibility index (Phi) is 8.59. The number of allylic oxidation sites excluding steroid dienone is 32. The van der Waals surface area contributed by atoms with Crippen LogP contribution in [0.25, 0.3) is 11.1 Å². The second-order valence-electron chi connectivity index (χ2n) is 16.6. The van der Waals surface area contributed by atoms with Crippen LogP contribution in [0, 0.1) is 41.4 Å². The highest BCUT2D eigenvalue weighted by Gasteiger charge is 2.37. The maximum absolute atomic E-state index is 2.56. The molecule has 0 N–H and O–H groups in total. The van der Waals surface area contributed by atoms with Gasteiger partial charge >= 0.3 is 0 Å². The predicted octanol–water partition coefficient (Wildman–Crippen LogP) is 11.6. The standard InChI is InChI=1S/C54H50/c1-35-33-51(41-29-25-39(26-30-41)45-23-11-15-37-13-3-5-17-43(37)45)47-19-7-9-21-49(47)53(35)54-36(2)34-52(48-20-8-10-22-50(48)54)42-31-27-40(28-32-42)46-24-12-16-38-14-4-6-18-44(38)46/h3-25,27,29,31,33,36-38,43-44,47,49H,26,28,30,32,34H2,1-2H3. The minimum absolute atomic E-state index is 0.351. The smallest absolute Gasteiger partial charge is 0.0130 e. The van der Waals surface area contributed by atoms with Crippen molar-refractivity contribution >= 4 is 11.1 Å². The molecule has 9 aliphatic carbocycles. The quantitative estimate of drug-likeness (QED) is 0.287. The first-order valence-electron chi connectivity index (χ1n) is 20.5. The van der Waals surface area contributed by atoms with E-state index < -0.39 is 0 Å². The zero-order valence-electron chi connectivity index (χ0n) is 31.7. The lowest BCUT2D eigenvalue weighted by Crippen LogP contribution is -2.38. The Hall–Kier alpha value is -5.20. The van der Waals surface area contributed by atoms with Gasteiger partial charge in [-0.1, -0.05) is 171 Å². The molecule has 1 aromatic rings. The Balaban J connectivity index is 1.02. The number of fused-ring (bicyclic) bond motifs is 4. The fourth-order valence-corrected chi connectivity index (χ4v) is 11.0. The summed E-state index contributed by atoms with van der Waals surface area (Å²) in [5.41, 5.74) is 16.7. The van der Waals surface area contributed by atoms with Crippen LogP contribution in [0.2, 0.25) is 0 Å². The average molecular weight is 699 g/mol. The van der Waals surface area contributed by atoms with E-state index in [0.717, 1.165) is 32.1 Å². The van der Waals surface area contributed by atoms with Crippen LogP contribution in [0.1, 0.15) is 46.0 Å². The van der Waals surface area contributed by atoms with Crippen molar-refractivity contribution in [1.29, 1.82) is 0 Å². The van der Waals surface area contributed by atoms with E-state index >= 15 is 0 Å². The highest BCUT2D eigenvalue weighted by molar-refractivity contribution is 5.79. The molecule has 0 bridgehead atoms. The van der Waals surface area contributed by atoms with Gasteiger partial charge in [-0.3, -0.25) is 0 Å². The van der Waals surface area contributed by atoms with Crippen LogP contribution in [0.15, 0.2) is 214 Å². The predicted molar refractivity (Wildman–Crippen MR) is 228 cm³/mol. The summed E-state index contributed by atoms with van der Waals surface area (Å²) in [6.45, 7) is 4.88. The summed E-state index contributed by atoms with van der Waals surface area (Å²) < 4.78 is 0. The average Bonchev–Trinajstić information content (AvgIpc) is 3.23. The van der Waals surface area contributed by atoms with Crippen molar-refractivity contribution < 1.29 is 0 Å². The lowest BCUT2D eigenvalue weighted by atomic mass is 9.65. The number of hydrogen-bond donors (Lipinski definition) is 0. The molecule has 0 nitrogen and oxygen atoms in total. The molecule has 7 unspecified atom stereocenters. The highest BCUT2D eigenvalue weighted by Crippen LogP contribution is 2.49. The number of benzene rings is 1. The van der Waals surface area contributed by atoms with E-state index in [2.05, 4.69) is 178 Å². The first-order chi connectivity index (χ1) is 26.6. The van der Waals surface area contributed by atoms with Gasteiger partial charge in [0.05, 0.1) is 0 Å². The third-order valence-corrected chi connectivity index (χ3v) is 13.6. The van der Waals surface area contributed by atoms with E-state index in [1.807, 2.05) is 0 Å². The van der Waals surface area contributed by atoms with Crippen LogP contribution in [0.4, 0.5) is 0 Å². The lowest BCUT2D eigenvalue weighted by Gasteiger charge is -2.39. The van der Waals surface area contributed by atoms with E-state index in [1.165, 1.54) is 55.0 Å². The first kappa shape index (κ1) is 33.4. The minimum atomic E-state index is 0.351. The van der Waals surface area contributed by atoms with Gasteiger partial charge in [-0.15, -0.1) is 0 Å². The molecule has 0 aliphatic heterocycles. The van der Waals surface area contributed by atoms with Gasteiger partial charge in [-0.2, -0.15) is 0 Å². The molecule has 54 heavy (non-hydrogen) atoms. The molecule has 0 radical (unpaired) electrons. The summed E-state index contributed by atoms with van der Waals surface area (Å²) in [5.74, 6) is 3.06. The summed E-state index contributed by atoms with van der Waals surface area (Å²) in [4.78, 5) is 0. The van der Waals surface area contributed by atoms with Crippen molar-refractivity contribution in [3.63, 3.8) is 0 Å². The van der Waals surface area contributed by atoms with Crippen LogP contribution >= 0.6 is 0 Å². The number of hydrogen-bond acceptors (Lipinski definition) is 0. The topological polar surface area (TPSA) is 0 Å². The van der Waals surface area contributed by atoms with Crippen LogP contribution in [-0.2, 0) is 0 Å². The van der Waals surface area contributed by atoms with E-state index in [1.54, 1.807) is 16.7 Å². The van der Waals surface area contributed by atoms with Gasteiger partial charge in [-0.05, 0) is 117 Å². The Bertz CT molecular complexity index is 2450. The van der Waals surface area contributed by atoms with Gasteiger partial charge in [0.25, 0.3) is 0 Å². The van der Waals surface area contributed by atoms with Crippen LogP contribution < -0.4 is 10.4 Å². The van der Waals surface area contributed by atoms with Gasteiger partial charge < -0.3 is 0 Å². The number of rotatable bonds is 5. The lowest BCUT2D eigenvalue weighted by molar-refractivity contribution is 0.584. The van der Waals surface area contributed by atoms with Gasteiger partial charge in [-0.25, -0.2) is 0 Å². The molecule has 0 spiro atoms. The molecular weight excluding hydrogens is 649 g/mol. The molecule has 0 heterocycles. The second-order valence-corrected chi connectivity index (χ2v) is 16.6. The fraction of sp³-hybridized carbons (Fsp3) is 0.259. The van der Waals surface area contributed by atoms with E-state index in [9.17, 15) is 0 Å². The zero-order valence-corrected chi connectivity index (χ0v) is 31.7. The fourth-order valence-electron chi connectivity index (χ4n) is 11.0. The molecule has 0 fully saturated rings. The van der Waals surface area contributed by atoms with Crippen LogP contribution in [0.3, 0.4) is 0 Å². The molecule has 10 rings (SSSR count). The van der Waals surface area contributed by atoms with Gasteiger partial charge in [0.1, 0.15) is 0 Å². The van der Waals surface area contributed by atoms with Gasteiger partial charge in [0.2, 0.25) is 0 Å². The molecule has 1 aromatic carbocycles. The van der Waals surface area contributed by atoms with Crippen LogP contribution in [-0.4, -0.2) is 0 Å². The van der Waals surface area contributed by atoms with Gasteiger partial charge in [0, 0.05) is 35.5 Å². The molecule has 0 saturated carbocycles. The van der Waals surface area contributed by atoms with Gasteiger partial charge in [0.15, 0.2) is 0 Å². The maximum atomic E-state index is 2.56. The summed E-state index contributed by atoms with van der Waals surface area (Å²) in [7, 11) is 0. The monoisotopic (exact) mass is 698 g/mol. The first-order valence-corrected chi connectivity index (χ1v) is 20.5. The van der Waals surface area contributed by atoms with E-state index in [4.69, 9.17) is 0 Å². The van der Waals surface area contributed by atoms with Crippen molar-refractivity contribution in [2.24, 2.45) is 41.4 Å². The molecular formula is C54H50. The summed E-state index contributed by atoms with van der Waals surface area (Å²) in [5, 5.41) is 2.89. The molecule has 266 valence electrons. The Morgan fingerprint density at radius 2 is 0.926 bits per heavy atom. The second kappa shape index (κ2) is 13.9. The van der Waals surface area contributed by atoms with Crippen molar-refractivity contribution in [3.05, 3.63) is 225 Å². The summed E-state index contributed by atoms with van der Waals surface area (Å²) in [6.07, 6.45) is 59.7. The third-order valence-electron chi connectivity index (χ3n) is 13.6. The van der Waals surface area contributed by atoms with E-state index in [0.29, 0.717) is 41.4 Å². The van der Waals surface area contributed by atoms with Crippen molar-refractivity contribution in [3.8, 4) is 0 Å². The Morgan fingerprint density at radius 1 is 0.444 bits per heavy atom.